The largest absolute Gasteiger partial charge is 0.313 e. The SMILES string of the molecule is Cc1ccc(C(CNC2CC2)Cc2cccc(Br)c2)cc1. The molecule has 2 aromatic rings. The average molecular weight is 344 g/mol. The second-order valence-corrected chi connectivity index (χ2v) is 7.04. The minimum Gasteiger partial charge on any atom is -0.313 e. The highest BCUT2D eigenvalue weighted by Crippen LogP contribution is 2.25. The molecule has 0 aliphatic heterocycles. The van der Waals surface area contributed by atoms with Crippen LogP contribution in [0.25, 0.3) is 0 Å². The fourth-order valence-electron chi connectivity index (χ4n) is 2.69. The van der Waals surface area contributed by atoms with E-state index in [0.717, 1.165) is 23.5 Å². The Balaban J connectivity index is 1.75. The van der Waals surface area contributed by atoms with Crippen LogP contribution in [0.15, 0.2) is 53.0 Å². The molecule has 1 nitrogen and oxygen atoms in total. The summed E-state index contributed by atoms with van der Waals surface area (Å²) in [5, 5.41) is 3.69. The molecule has 1 fully saturated rings. The lowest BCUT2D eigenvalue weighted by atomic mass is 9.91. The van der Waals surface area contributed by atoms with Gasteiger partial charge in [-0.1, -0.05) is 57.9 Å². The average Bonchev–Trinajstić information content (AvgIpc) is 3.29. The quantitative estimate of drug-likeness (QED) is 0.791. The van der Waals surface area contributed by atoms with Gasteiger partial charge in [-0.05, 0) is 49.4 Å². The van der Waals surface area contributed by atoms with E-state index in [1.807, 2.05) is 0 Å². The first-order chi connectivity index (χ1) is 10.2. The molecular weight excluding hydrogens is 322 g/mol. The molecular formula is C19H22BrN. The van der Waals surface area contributed by atoms with E-state index in [-0.39, 0.29) is 0 Å². The molecule has 3 rings (SSSR count). The van der Waals surface area contributed by atoms with Gasteiger partial charge in [0.2, 0.25) is 0 Å². The Bertz CT molecular complexity index is 587. The number of hydrogen-bond acceptors (Lipinski definition) is 1. The molecule has 1 unspecified atom stereocenters. The maximum absolute atomic E-state index is 3.69. The molecule has 1 atom stereocenters. The Morgan fingerprint density at radius 1 is 1.14 bits per heavy atom. The molecule has 1 aliphatic rings. The highest BCUT2D eigenvalue weighted by Gasteiger charge is 2.22. The van der Waals surface area contributed by atoms with Crippen molar-refractivity contribution in [2.45, 2.75) is 38.1 Å². The lowest BCUT2D eigenvalue weighted by Gasteiger charge is -2.19. The van der Waals surface area contributed by atoms with Crippen molar-refractivity contribution in [2.24, 2.45) is 0 Å². The van der Waals surface area contributed by atoms with E-state index in [1.54, 1.807) is 0 Å². The summed E-state index contributed by atoms with van der Waals surface area (Å²) in [7, 11) is 0. The van der Waals surface area contributed by atoms with Gasteiger partial charge in [-0.2, -0.15) is 0 Å². The highest BCUT2D eigenvalue weighted by atomic mass is 79.9. The number of benzene rings is 2. The zero-order chi connectivity index (χ0) is 14.7. The zero-order valence-electron chi connectivity index (χ0n) is 12.5. The van der Waals surface area contributed by atoms with Gasteiger partial charge in [-0.3, -0.25) is 0 Å². The highest BCUT2D eigenvalue weighted by molar-refractivity contribution is 9.10. The smallest absolute Gasteiger partial charge is 0.0177 e. The van der Waals surface area contributed by atoms with Gasteiger partial charge >= 0.3 is 0 Å². The summed E-state index contributed by atoms with van der Waals surface area (Å²) in [4.78, 5) is 0. The van der Waals surface area contributed by atoms with Gasteiger partial charge in [0.05, 0.1) is 0 Å². The van der Waals surface area contributed by atoms with Gasteiger partial charge in [0.15, 0.2) is 0 Å². The number of hydrogen-bond donors (Lipinski definition) is 1. The number of halogens is 1. The molecule has 0 aromatic heterocycles. The van der Waals surface area contributed by atoms with Gasteiger partial charge in [-0.25, -0.2) is 0 Å². The minimum atomic E-state index is 0.542. The third kappa shape index (κ3) is 4.42. The number of aryl methyl sites for hydroxylation is 1. The van der Waals surface area contributed by atoms with Gasteiger partial charge < -0.3 is 5.32 Å². The summed E-state index contributed by atoms with van der Waals surface area (Å²) in [5.74, 6) is 0.542. The number of rotatable bonds is 6. The molecule has 1 N–H and O–H groups in total. The molecule has 1 aliphatic carbocycles. The summed E-state index contributed by atoms with van der Waals surface area (Å²) in [5.41, 5.74) is 4.16. The van der Waals surface area contributed by atoms with Crippen LogP contribution in [0.3, 0.4) is 0 Å². The van der Waals surface area contributed by atoms with Crippen LogP contribution in [-0.4, -0.2) is 12.6 Å². The van der Waals surface area contributed by atoms with Crippen LogP contribution >= 0.6 is 15.9 Å². The summed E-state index contributed by atoms with van der Waals surface area (Å²) in [6, 6.07) is 18.5. The third-order valence-electron chi connectivity index (χ3n) is 4.15. The maximum atomic E-state index is 3.69. The first-order valence-corrected chi connectivity index (χ1v) is 8.54. The van der Waals surface area contributed by atoms with Gasteiger partial charge in [0, 0.05) is 23.0 Å². The molecule has 1 saturated carbocycles. The van der Waals surface area contributed by atoms with Crippen molar-refractivity contribution in [1.29, 1.82) is 0 Å². The van der Waals surface area contributed by atoms with Crippen LogP contribution in [0.5, 0.6) is 0 Å². The van der Waals surface area contributed by atoms with Crippen LogP contribution in [0.4, 0.5) is 0 Å². The Morgan fingerprint density at radius 2 is 1.90 bits per heavy atom. The molecule has 0 saturated heterocycles. The fourth-order valence-corrected chi connectivity index (χ4v) is 3.14. The molecule has 2 heteroatoms. The summed E-state index contributed by atoms with van der Waals surface area (Å²) >= 11 is 3.57. The zero-order valence-corrected chi connectivity index (χ0v) is 14.1. The Morgan fingerprint density at radius 3 is 2.57 bits per heavy atom. The van der Waals surface area contributed by atoms with E-state index in [0.29, 0.717) is 5.92 Å². The van der Waals surface area contributed by atoms with Gasteiger partial charge in [-0.15, -0.1) is 0 Å². The van der Waals surface area contributed by atoms with Crippen molar-refractivity contribution in [3.05, 3.63) is 69.7 Å². The predicted octanol–water partition coefficient (Wildman–Crippen LogP) is 4.84. The van der Waals surface area contributed by atoms with E-state index in [1.165, 1.54) is 29.5 Å². The molecule has 0 heterocycles. The molecule has 0 amide bonds. The second kappa shape index (κ2) is 6.76. The van der Waals surface area contributed by atoms with Crippen LogP contribution in [0.2, 0.25) is 0 Å². The van der Waals surface area contributed by atoms with E-state index < -0.39 is 0 Å². The fraction of sp³-hybridized carbons (Fsp3) is 0.368. The van der Waals surface area contributed by atoms with Crippen LogP contribution < -0.4 is 5.32 Å². The predicted molar refractivity (Wildman–Crippen MR) is 92.8 cm³/mol. The first kappa shape index (κ1) is 14.8. The second-order valence-electron chi connectivity index (χ2n) is 6.12. The van der Waals surface area contributed by atoms with E-state index in [4.69, 9.17) is 0 Å². The molecule has 21 heavy (non-hydrogen) atoms. The molecule has 2 aromatic carbocycles. The lowest BCUT2D eigenvalue weighted by molar-refractivity contribution is 0.577. The molecule has 0 spiro atoms. The van der Waals surface area contributed by atoms with E-state index in [2.05, 4.69) is 76.7 Å². The lowest BCUT2D eigenvalue weighted by Crippen LogP contribution is -2.24. The van der Waals surface area contributed by atoms with Crippen LogP contribution in [0.1, 0.15) is 35.4 Å². The Kier molecular flexibility index (Phi) is 4.77. The maximum Gasteiger partial charge on any atom is 0.0177 e. The topological polar surface area (TPSA) is 12.0 Å². The van der Waals surface area contributed by atoms with Crippen LogP contribution in [-0.2, 0) is 6.42 Å². The van der Waals surface area contributed by atoms with E-state index in [9.17, 15) is 0 Å². The Labute approximate surface area is 135 Å². The van der Waals surface area contributed by atoms with Crippen molar-refractivity contribution in [3.8, 4) is 0 Å². The van der Waals surface area contributed by atoms with Gasteiger partial charge in [0.25, 0.3) is 0 Å². The van der Waals surface area contributed by atoms with Gasteiger partial charge in [0.1, 0.15) is 0 Å². The molecule has 0 radical (unpaired) electrons. The monoisotopic (exact) mass is 343 g/mol. The normalized spacial score (nSPS) is 15.9. The standard InChI is InChI=1S/C19H22BrN/c1-14-5-7-16(8-6-14)17(13-21-19-9-10-19)11-15-3-2-4-18(20)12-15/h2-8,12,17,19,21H,9-11,13H2,1H3. The number of nitrogens with one attached hydrogen (secondary N) is 1. The van der Waals surface area contributed by atoms with Crippen molar-refractivity contribution in [2.75, 3.05) is 6.54 Å². The van der Waals surface area contributed by atoms with Crippen LogP contribution in [0, 0.1) is 6.92 Å². The van der Waals surface area contributed by atoms with Crippen molar-refractivity contribution in [3.63, 3.8) is 0 Å². The summed E-state index contributed by atoms with van der Waals surface area (Å²) in [6.45, 7) is 3.22. The molecule has 0 bridgehead atoms. The van der Waals surface area contributed by atoms with Crippen molar-refractivity contribution >= 4 is 15.9 Å². The summed E-state index contributed by atoms with van der Waals surface area (Å²) < 4.78 is 1.16. The first-order valence-electron chi connectivity index (χ1n) is 7.75. The van der Waals surface area contributed by atoms with Crippen molar-refractivity contribution < 1.29 is 0 Å². The van der Waals surface area contributed by atoms with Crippen molar-refractivity contribution in [1.82, 2.24) is 5.32 Å². The molecule has 110 valence electrons. The van der Waals surface area contributed by atoms with E-state index >= 15 is 0 Å². The summed E-state index contributed by atoms with van der Waals surface area (Å²) in [6.07, 6.45) is 3.78. The minimum absolute atomic E-state index is 0.542. The third-order valence-corrected chi connectivity index (χ3v) is 4.64. The Hall–Kier alpha value is -1.12.